The average Bonchev–Trinajstić information content (AvgIpc) is 3.01. The van der Waals surface area contributed by atoms with Crippen LogP contribution in [0.3, 0.4) is 0 Å². The summed E-state index contributed by atoms with van der Waals surface area (Å²) in [5.74, 6) is -0.530. The second-order valence-corrected chi connectivity index (χ2v) is 9.18. The largest absolute Gasteiger partial charge is 0.482 e. The lowest BCUT2D eigenvalue weighted by Gasteiger charge is -2.24. The Morgan fingerprint density at radius 3 is 2.56 bits per heavy atom. The molecule has 4 rings (SSSR count). The number of fused-ring (bicyclic) bond motifs is 1. The fraction of sp³-hybridized carbons (Fsp3) is 0.222. The zero-order chi connectivity index (χ0) is 25.7. The number of anilines is 1. The third kappa shape index (κ3) is 5.98. The molecule has 0 saturated heterocycles. The highest BCUT2D eigenvalue weighted by Gasteiger charge is 2.25. The van der Waals surface area contributed by atoms with Crippen molar-refractivity contribution in [2.24, 2.45) is 4.99 Å². The first kappa shape index (κ1) is 25.5. The number of para-hydroxylation sites is 1. The molecule has 0 spiro atoms. The Hall–Kier alpha value is -3.55. The van der Waals surface area contributed by atoms with Gasteiger partial charge in [-0.3, -0.25) is 14.6 Å². The normalized spacial score (nSPS) is 15.7. The summed E-state index contributed by atoms with van der Waals surface area (Å²) in [5.41, 5.74) is 3.76. The van der Waals surface area contributed by atoms with Crippen molar-refractivity contribution in [1.29, 1.82) is 0 Å². The molecular weight excluding hydrogens is 499 g/mol. The van der Waals surface area contributed by atoms with Crippen LogP contribution in [-0.2, 0) is 9.59 Å². The average molecular weight is 525 g/mol. The molecule has 2 atom stereocenters. The van der Waals surface area contributed by atoms with Crippen LogP contribution < -0.4 is 20.3 Å². The molecular formula is C27H26Cl2N4O3. The number of benzodiazepines with no additional fused rings is 1. The summed E-state index contributed by atoms with van der Waals surface area (Å²) < 4.78 is 5.45. The number of nitrogens with one attached hydrogen (secondary N) is 2. The number of aliphatic imine (C=N–C) groups is 1. The highest BCUT2D eigenvalue weighted by atomic mass is 35.5. The van der Waals surface area contributed by atoms with E-state index in [9.17, 15) is 9.59 Å². The van der Waals surface area contributed by atoms with Crippen LogP contribution >= 0.6 is 23.2 Å². The lowest BCUT2D eigenvalue weighted by Crippen LogP contribution is -2.50. The standard InChI is InChI=1S/C27H26Cl2N4O3/c1-17(30-24(34)16-36-22-14-8-12-20(28)25(22)29)27(35)32-23-15-33(2)21-13-7-6-11-19(21)26(31-23)18-9-4-3-5-10-18/h3-14,17,23H,15-16H2,1-2H3,(H,30,34)(H,32,35)/t17?,23-/m1/s1. The molecule has 2 amide bonds. The third-order valence-corrected chi connectivity index (χ3v) is 6.51. The molecule has 2 N–H and O–H groups in total. The van der Waals surface area contributed by atoms with Gasteiger partial charge in [0.1, 0.15) is 23.0 Å². The molecule has 36 heavy (non-hydrogen) atoms. The Labute approximate surface area is 220 Å². The van der Waals surface area contributed by atoms with Gasteiger partial charge in [-0.15, -0.1) is 0 Å². The minimum atomic E-state index is -0.803. The quantitative estimate of drug-likeness (QED) is 0.482. The zero-order valence-corrected chi connectivity index (χ0v) is 21.4. The van der Waals surface area contributed by atoms with E-state index in [0.29, 0.717) is 17.3 Å². The summed E-state index contributed by atoms with van der Waals surface area (Å²) in [5, 5.41) is 6.16. The number of ether oxygens (including phenoxy) is 1. The number of amides is 2. The molecule has 1 unspecified atom stereocenters. The molecule has 7 nitrogen and oxygen atoms in total. The van der Waals surface area contributed by atoms with Crippen LogP contribution in [0.15, 0.2) is 77.8 Å². The van der Waals surface area contributed by atoms with Gasteiger partial charge in [-0.2, -0.15) is 0 Å². The number of carbonyl (C=O) groups is 2. The number of rotatable bonds is 7. The van der Waals surface area contributed by atoms with Gasteiger partial charge in [0, 0.05) is 23.9 Å². The predicted molar refractivity (Wildman–Crippen MR) is 143 cm³/mol. The summed E-state index contributed by atoms with van der Waals surface area (Å²) in [7, 11) is 1.96. The van der Waals surface area contributed by atoms with E-state index >= 15 is 0 Å². The smallest absolute Gasteiger partial charge is 0.258 e. The number of hydrogen-bond donors (Lipinski definition) is 2. The summed E-state index contributed by atoms with van der Waals surface area (Å²) in [6, 6.07) is 22.0. The van der Waals surface area contributed by atoms with E-state index in [1.54, 1.807) is 25.1 Å². The van der Waals surface area contributed by atoms with E-state index in [-0.39, 0.29) is 17.5 Å². The first-order chi connectivity index (χ1) is 17.3. The van der Waals surface area contributed by atoms with Crippen LogP contribution in [0.5, 0.6) is 5.75 Å². The maximum absolute atomic E-state index is 13.0. The lowest BCUT2D eigenvalue weighted by atomic mass is 10.0. The maximum Gasteiger partial charge on any atom is 0.258 e. The van der Waals surface area contributed by atoms with E-state index in [1.165, 1.54) is 0 Å². The summed E-state index contributed by atoms with van der Waals surface area (Å²) in [6.45, 7) is 1.77. The van der Waals surface area contributed by atoms with Crippen molar-refractivity contribution in [3.05, 3.63) is 94.0 Å². The van der Waals surface area contributed by atoms with Crippen LogP contribution in [0.4, 0.5) is 5.69 Å². The minimum Gasteiger partial charge on any atom is -0.482 e. The number of halogens is 2. The topological polar surface area (TPSA) is 83.0 Å². The van der Waals surface area contributed by atoms with Gasteiger partial charge in [0.25, 0.3) is 5.91 Å². The molecule has 1 aliphatic heterocycles. The van der Waals surface area contributed by atoms with Crippen molar-refractivity contribution in [3.8, 4) is 5.75 Å². The number of hydrogen-bond acceptors (Lipinski definition) is 5. The van der Waals surface area contributed by atoms with Gasteiger partial charge in [0.2, 0.25) is 5.91 Å². The second-order valence-electron chi connectivity index (χ2n) is 8.40. The van der Waals surface area contributed by atoms with E-state index < -0.39 is 18.1 Å². The van der Waals surface area contributed by atoms with Crippen molar-refractivity contribution in [3.63, 3.8) is 0 Å². The Morgan fingerprint density at radius 2 is 1.78 bits per heavy atom. The van der Waals surface area contributed by atoms with Crippen molar-refractivity contribution >= 4 is 46.4 Å². The molecule has 1 aliphatic rings. The first-order valence-corrected chi connectivity index (χ1v) is 12.2. The number of likely N-dealkylation sites (N-methyl/N-ethyl adjacent to an activating group) is 1. The fourth-order valence-corrected chi connectivity index (χ4v) is 4.26. The Balaban J connectivity index is 1.43. The van der Waals surface area contributed by atoms with Crippen molar-refractivity contribution in [2.45, 2.75) is 19.1 Å². The number of benzene rings is 3. The van der Waals surface area contributed by atoms with Gasteiger partial charge in [-0.05, 0) is 25.1 Å². The van der Waals surface area contributed by atoms with E-state index in [4.69, 9.17) is 32.9 Å². The summed E-state index contributed by atoms with van der Waals surface area (Å²) in [4.78, 5) is 32.3. The molecule has 3 aromatic rings. The van der Waals surface area contributed by atoms with Gasteiger partial charge in [-0.25, -0.2) is 0 Å². The molecule has 0 radical (unpaired) electrons. The van der Waals surface area contributed by atoms with Gasteiger partial charge >= 0.3 is 0 Å². The molecule has 186 valence electrons. The second kappa shape index (κ2) is 11.5. The van der Waals surface area contributed by atoms with Crippen molar-refractivity contribution < 1.29 is 14.3 Å². The predicted octanol–water partition coefficient (Wildman–Crippen LogP) is 4.31. The van der Waals surface area contributed by atoms with Gasteiger partial charge in [0.05, 0.1) is 17.3 Å². The Kier molecular flexibility index (Phi) is 8.13. The minimum absolute atomic E-state index is 0.225. The lowest BCUT2D eigenvalue weighted by molar-refractivity contribution is -0.129. The molecule has 0 saturated carbocycles. The van der Waals surface area contributed by atoms with E-state index in [1.807, 2.05) is 61.6 Å². The summed E-state index contributed by atoms with van der Waals surface area (Å²) >= 11 is 12.1. The summed E-state index contributed by atoms with van der Waals surface area (Å²) in [6.07, 6.45) is -0.522. The molecule has 0 fully saturated rings. The zero-order valence-electron chi connectivity index (χ0n) is 19.9. The fourth-order valence-electron chi connectivity index (χ4n) is 3.91. The maximum atomic E-state index is 13.0. The molecule has 0 aliphatic carbocycles. The van der Waals surface area contributed by atoms with Crippen LogP contribution in [0.25, 0.3) is 0 Å². The molecule has 1 heterocycles. The van der Waals surface area contributed by atoms with Gasteiger partial charge in [-0.1, -0.05) is 77.8 Å². The number of nitrogens with zero attached hydrogens (tertiary/aromatic N) is 2. The Bertz CT molecular complexity index is 1280. The highest BCUT2D eigenvalue weighted by Crippen LogP contribution is 2.31. The monoisotopic (exact) mass is 524 g/mol. The van der Waals surface area contributed by atoms with Crippen LogP contribution in [0.1, 0.15) is 18.1 Å². The van der Waals surface area contributed by atoms with Gasteiger partial charge < -0.3 is 20.3 Å². The SMILES string of the molecule is CC(NC(=O)COc1cccc(Cl)c1Cl)C(=O)N[C@@H]1CN(C)c2ccccc2C(c2ccccc2)=N1. The highest BCUT2D eigenvalue weighted by molar-refractivity contribution is 6.42. The van der Waals surface area contributed by atoms with Crippen LogP contribution in [0, 0.1) is 0 Å². The Morgan fingerprint density at radius 1 is 1.06 bits per heavy atom. The number of carbonyl (C=O) groups excluding carboxylic acids is 2. The molecule has 3 aromatic carbocycles. The van der Waals surface area contributed by atoms with Crippen molar-refractivity contribution in [1.82, 2.24) is 10.6 Å². The first-order valence-electron chi connectivity index (χ1n) is 11.4. The van der Waals surface area contributed by atoms with E-state index in [2.05, 4.69) is 15.5 Å². The third-order valence-electron chi connectivity index (χ3n) is 5.70. The molecule has 0 bridgehead atoms. The molecule has 9 heteroatoms. The van der Waals surface area contributed by atoms with Gasteiger partial charge in [0.15, 0.2) is 6.61 Å². The van der Waals surface area contributed by atoms with E-state index in [0.717, 1.165) is 22.5 Å². The van der Waals surface area contributed by atoms with Crippen LogP contribution in [-0.4, -0.2) is 49.9 Å². The molecule has 0 aromatic heterocycles. The van der Waals surface area contributed by atoms with Crippen molar-refractivity contribution in [2.75, 3.05) is 25.1 Å². The van der Waals surface area contributed by atoms with Crippen LogP contribution in [0.2, 0.25) is 10.0 Å².